The minimum absolute atomic E-state index is 0.0466. The Hall–Kier alpha value is -3.04. The van der Waals surface area contributed by atoms with Gasteiger partial charge >= 0.3 is 0 Å². The molecule has 154 valence electrons. The van der Waals surface area contributed by atoms with E-state index in [-0.39, 0.29) is 26.1 Å². The van der Waals surface area contributed by atoms with Crippen LogP contribution in [0, 0.1) is 17.5 Å². The van der Waals surface area contributed by atoms with Gasteiger partial charge in [-0.3, -0.25) is 4.79 Å². The number of halogens is 4. The summed E-state index contributed by atoms with van der Waals surface area (Å²) in [7, 11) is -4.08. The predicted octanol–water partition coefficient (Wildman–Crippen LogP) is 4.87. The Bertz CT molecular complexity index is 1280. The first kappa shape index (κ1) is 20.2. The molecule has 0 saturated heterocycles. The molecule has 2 bridgehead atoms. The topological polar surface area (TPSA) is 72.5 Å². The number of hydrogen-bond acceptors (Lipinski definition) is 4. The predicted molar refractivity (Wildman–Crippen MR) is 103 cm³/mol. The van der Waals surface area contributed by atoms with E-state index >= 15 is 0 Å². The van der Waals surface area contributed by atoms with E-state index in [1.165, 1.54) is 24.3 Å². The van der Waals surface area contributed by atoms with E-state index in [4.69, 9.17) is 16.3 Å². The van der Waals surface area contributed by atoms with Crippen molar-refractivity contribution in [2.24, 2.45) is 0 Å². The quantitative estimate of drug-likeness (QED) is 0.670. The van der Waals surface area contributed by atoms with E-state index in [1.54, 1.807) is 6.08 Å². The lowest BCUT2D eigenvalue weighted by molar-refractivity contribution is 0.102. The van der Waals surface area contributed by atoms with E-state index in [0.29, 0.717) is 30.1 Å². The number of fused-ring (bicyclic) bond motifs is 2. The third-order valence-electron chi connectivity index (χ3n) is 4.38. The van der Waals surface area contributed by atoms with Crippen LogP contribution in [0.15, 0.2) is 69.9 Å². The van der Waals surface area contributed by atoms with E-state index in [2.05, 4.69) is 5.32 Å². The molecule has 0 aromatic heterocycles. The van der Waals surface area contributed by atoms with Gasteiger partial charge in [0.15, 0.2) is 17.5 Å². The lowest BCUT2D eigenvalue weighted by atomic mass is 10.2. The summed E-state index contributed by atoms with van der Waals surface area (Å²) in [6, 6.07) is 4.72. The number of rotatable bonds is 4. The molecule has 2 heterocycles. The van der Waals surface area contributed by atoms with E-state index in [9.17, 15) is 26.4 Å². The molecule has 0 unspecified atom stereocenters. The molecule has 0 saturated carbocycles. The van der Waals surface area contributed by atoms with Gasteiger partial charge in [0, 0.05) is 29.8 Å². The summed E-state index contributed by atoms with van der Waals surface area (Å²) in [5.74, 6) is -4.62. The van der Waals surface area contributed by atoms with Gasteiger partial charge in [0.05, 0.1) is 14.8 Å². The van der Waals surface area contributed by atoms with Crippen LogP contribution in [0.3, 0.4) is 0 Å². The molecule has 0 radical (unpaired) electrons. The van der Waals surface area contributed by atoms with Crippen molar-refractivity contribution in [3.05, 3.63) is 93.0 Å². The van der Waals surface area contributed by atoms with Gasteiger partial charge in [-0.1, -0.05) is 11.6 Å². The average Bonchev–Trinajstić information content (AvgIpc) is 3.03. The number of allylic oxidation sites excluding steroid dienone is 3. The number of carbonyl (C=O) groups excluding carboxylic acids is 1. The summed E-state index contributed by atoms with van der Waals surface area (Å²) < 4.78 is 71.2. The monoisotopic (exact) mass is 453 g/mol. The normalized spacial score (nSPS) is 15.1. The zero-order chi connectivity index (χ0) is 21.6. The first-order valence-electron chi connectivity index (χ1n) is 8.46. The van der Waals surface area contributed by atoms with Crippen molar-refractivity contribution in [1.29, 1.82) is 0 Å². The lowest BCUT2D eigenvalue weighted by Crippen LogP contribution is -2.14. The molecule has 0 spiro atoms. The van der Waals surface area contributed by atoms with Crippen LogP contribution in [0.4, 0.5) is 18.9 Å². The molecular weight excluding hydrogens is 443 g/mol. The van der Waals surface area contributed by atoms with Crippen molar-refractivity contribution in [2.75, 3.05) is 5.32 Å². The second-order valence-electron chi connectivity index (χ2n) is 6.43. The summed E-state index contributed by atoms with van der Waals surface area (Å²) in [4.78, 5) is 12.1. The SMILES string of the molecule is O=C(Nc1cc(F)c(F)c(F)c1)c1ccc(Cl)c(S(=O)(=O)C2=CC3=CCC(=C2)O3)c1. The van der Waals surface area contributed by atoms with Crippen LogP contribution >= 0.6 is 11.6 Å². The number of sulfone groups is 1. The molecule has 2 aromatic rings. The Morgan fingerprint density at radius 1 is 1.07 bits per heavy atom. The van der Waals surface area contributed by atoms with Gasteiger partial charge in [0.25, 0.3) is 5.91 Å². The van der Waals surface area contributed by atoms with Crippen molar-refractivity contribution in [3.63, 3.8) is 0 Å². The molecule has 2 aliphatic rings. The van der Waals surface area contributed by atoms with Crippen molar-refractivity contribution < 1.29 is 31.1 Å². The van der Waals surface area contributed by atoms with Gasteiger partial charge in [-0.25, -0.2) is 21.6 Å². The fourth-order valence-electron chi connectivity index (χ4n) is 2.92. The maximum atomic E-state index is 13.4. The summed E-state index contributed by atoms with van der Waals surface area (Å²) in [5, 5.41) is 2.08. The fraction of sp³-hybridized carbons (Fsp3) is 0.0500. The number of benzene rings is 2. The Morgan fingerprint density at radius 3 is 2.43 bits per heavy atom. The second-order valence-corrected chi connectivity index (χ2v) is 8.75. The Labute approximate surface area is 174 Å². The highest BCUT2D eigenvalue weighted by Crippen LogP contribution is 2.35. The molecule has 10 heteroatoms. The molecule has 2 aromatic carbocycles. The van der Waals surface area contributed by atoms with Gasteiger partial charge in [-0.15, -0.1) is 0 Å². The number of hydrogen-bond donors (Lipinski definition) is 1. The molecule has 1 N–H and O–H groups in total. The number of amides is 1. The van der Waals surface area contributed by atoms with E-state index in [1.807, 2.05) is 0 Å². The molecule has 0 fully saturated rings. The summed E-state index contributed by atoms with van der Waals surface area (Å²) in [6.07, 6.45) is 4.90. The van der Waals surface area contributed by atoms with Crippen LogP contribution in [0.1, 0.15) is 16.8 Å². The minimum Gasteiger partial charge on any atom is -0.462 e. The van der Waals surface area contributed by atoms with Crippen LogP contribution in [0.25, 0.3) is 0 Å². The number of anilines is 1. The molecule has 2 aliphatic heterocycles. The Morgan fingerprint density at radius 2 is 1.77 bits per heavy atom. The lowest BCUT2D eigenvalue weighted by Gasteiger charge is -2.14. The van der Waals surface area contributed by atoms with Gasteiger partial charge < -0.3 is 10.1 Å². The molecule has 4 rings (SSSR count). The van der Waals surface area contributed by atoms with E-state index < -0.39 is 33.2 Å². The number of nitrogens with one attached hydrogen (secondary N) is 1. The maximum absolute atomic E-state index is 13.4. The van der Waals surface area contributed by atoms with Gasteiger partial charge in [-0.2, -0.15) is 0 Å². The standard InChI is InChI=1S/C20H11ClF3NO4S/c21-15-4-1-10(20(26)25-11-6-16(22)19(24)17(23)7-11)5-18(15)30(27,28)14-8-12-2-3-13(9-14)29-12/h1-2,4-9H,3H2,(H,25,26). The van der Waals surface area contributed by atoms with Crippen LogP contribution < -0.4 is 5.32 Å². The second kappa shape index (κ2) is 7.33. The molecule has 30 heavy (non-hydrogen) atoms. The maximum Gasteiger partial charge on any atom is 0.255 e. The van der Waals surface area contributed by atoms with Crippen LogP contribution in [-0.4, -0.2) is 14.3 Å². The summed E-state index contributed by atoms with van der Waals surface area (Å²) in [5.41, 5.74) is -0.471. The zero-order valence-electron chi connectivity index (χ0n) is 14.9. The molecule has 1 amide bonds. The van der Waals surface area contributed by atoms with Crippen molar-refractivity contribution in [3.8, 4) is 0 Å². The fourth-order valence-corrected chi connectivity index (χ4v) is 4.76. The average molecular weight is 454 g/mol. The van der Waals surface area contributed by atoms with Crippen molar-refractivity contribution >= 4 is 33.0 Å². The third-order valence-corrected chi connectivity index (χ3v) is 6.59. The highest BCUT2D eigenvalue weighted by Gasteiger charge is 2.28. The number of carbonyl (C=O) groups is 1. The first-order chi connectivity index (χ1) is 14.1. The Kier molecular flexibility index (Phi) is 4.95. The molecule has 5 nitrogen and oxygen atoms in total. The first-order valence-corrected chi connectivity index (χ1v) is 10.3. The molecule has 0 atom stereocenters. The molecular formula is C20H11ClF3NO4S. The highest BCUT2D eigenvalue weighted by molar-refractivity contribution is 7.95. The van der Waals surface area contributed by atoms with Crippen molar-refractivity contribution in [1.82, 2.24) is 0 Å². The highest BCUT2D eigenvalue weighted by atomic mass is 35.5. The smallest absolute Gasteiger partial charge is 0.255 e. The van der Waals surface area contributed by atoms with E-state index in [0.717, 1.165) is 6.07 Å². The summed E-state index contributed by atoms with van der Waals surface area (Å²) in [6.45, 7) is 0. The third kappa shape index (κ3) is 3.61. The van der Waals surface area contributed by atoms with Gasteiger partial charge in [-0.05, 0) is 36.4 Å². The largest absolute Gasteiger partial charge is 0.462 e. The summed E-state index contributed by atoms with van der Waals surface area (Å²) >= 11 is 6.07. The van der Waals surface area contributed by atoms with Crippen molar-refractivity contribution in [2.45, 2.75) is 11.3 Å². The van der Waals surface area contributed by atoms with Crippen LogP contribution in [0.5, 0.6) is 0 Å². The Balaban J connectivity index is 1.67. The van der Waals surface area contributed by atoms with Gasteiger partial charge in [0.2, 0.25) is 9.84 Å². The number of ether oxygens (including phenoxy) is 1. The van der Waals surface area contributed by atoms with Gasteiger partial charge in [0.1, 0.15) is 11.5 Å². The van der Waals surface area contributed by atoms with Crippen LogP contribution in [0.2, 0.25) is 5.02 Å². The molecule has 0 aliphatic carbocycles. The zero-order valence-corrected chi connectivity index (χ0v) is 16.5. The van der Waals surface area contributed by atoms with Crippen LogP contribution in [-0.2, 0) is 14.6 Å². The minimum atomic E-state index is -4.08.